The first kappa shape index (κ1) is 18.5. The van der Waals surface area contributed by atoms with Crippen molar-refractivity contribution in [1.82, 2.24) is 9.88 Å². The smallest absolute Gasteiger partial charge is 0.273 e. The molecule has 0 spiro atoms. The molecular formula is C18H24ClN3O2S. The van der Waals surface area contributed by atoms with Crippen molar-refractivity contribution in [1.29, 1.82) is 0 Å². The van der Waals surface area contributed by atoms with Gasteiger partial charge in [0, 0.05) is 48.8 Å². The fourth-order valence-electron chi connectivity index (χ4n) is 3.06. The first-order chi connectivity index (χ1) is 12.0. The van der Waals surface area contributed by atoms with Gasteiger partial charge in [-0.2, -0.15) is 0 Å². The number of nitrogens with zero attached hydrogens (tertiary/aromatic N) is 3. The fraction of sp³-hybridized carbons (Fsp3) is 0.500. The van der Waals surface area contributed by atoms with Gasteiger partial charge in [-0.15, -0.1) is 0 Å². The molecule has 1 aliphatic rings. The summed E-state index contributed by atoms with van der Waals surface area (Å²) in [6.45, 7) is 8.67. The first-order valence-corrected chi connectivity index (χ1v) is 9.73. The van der Waals surface area contributed by atoms with Crippen molar-refractivity contribution < 1.29 is 9.84 Å². The minimum atomic E-state index is -0.506. The molecule has 1 aromatic carbocycles. The van der Waals surface area contributed by atoms with Crippen LogP contribution in [0.25, 0.3) is 0 Å². The van der Waals surface area contributed by atoms with Gasteiger partial charge in [-0.25, -0.2) is 4.98 Å². The van der Waals surface area contributed by atoms with E-state index in [0.29, 0.717) is 11.7 Å². The largest absolute Gasteiger partial charge is 0.467 e. The van der Waals surface area contributed by atoms with E-state index in [0.717, 1.165) is 36.9 Å². The number of rotatable bonds is 6. The minimum Gasteiger partial charge on any atom is -0.467 e. The maximum atomic E-state index is 10.2. The molecule has 2 heterocycles. The Balaban J connectivity index is 1.44. The van der Waals surface area contributed by atoms with Crippen LogP contribution in [0.4, 0.5) is 5.69 Å². The number of aryl methyl sites for hydroxylation is 2. The van der Waals surface area contributed by atoms with Crippen LogP contribution in [0.3, 0.4) is 0 Å². The van der Waals surface area contributed by atoms with Gasteiger partial charge in [-0.3, -0.25) is 4.90 Å². The number of anilines is 1. The van der Waals surface area contributed by atoms with Gasteiger partial charge in [0.2, 0.25) is 0 Å². The maximum Gasteiger partial charge on any atom is 0.273 e. The van der Waals surface area contributed by atoms with E-state index < -0.39 is 6.10 Å². The molecule has 1 saturated heterocycles. The zero-order valence-corrected chi connectivity index (χ0v) is 16.2. The highest BCUT2D eigenvalue weighted by atomic mass is 35.5. The number of aromatic nitrogens is 1. The van der Waals surface area contributed by atoms with Crippen LogP contribution in [0.1, 0.15) is 11.3 Å². The van der Waals surface area contributed by atoms with Crippen LogP contribution in [0.15, 0.2) is 23.6 Å². The third-order valence-electron chi connectivity index (χ3n) is 4.34. The minimum absolute atomic E-state index is 0.281. The molecule has 0 radical (unpaired) electrons. The van der Waals surface area contributed by atoms with Crippen LogP contribution in [-0.2, 0) is 0 Å². The average molecular weight is 382 g/mol. The molecule has 1 fully saturated rings. The Morgan fingerprint density at radius 3 is 2.68 bits per heavy atom. The van der Waals surface area contributed by atoms with E-state index in [9.17, 15) is 5.11 Å². The number of aliphatic hydroxyl groups is 1. The Labute approximate surface area is 157 Å². The fourth-order valence-corrected chi connectivity index (χ4v) is 3.95. The lowest BCUT2D eigenvalue weighted by Crippen LogP contribution is -2.49. The van der Waals surface area contributed by atoms with Crippen molar-refractivity contribution in [2.75, 3.05) is 44.2 Å². The predicted octanol–water partition coefficient (Wildman–Crippen LogP) is 2.98. The van der Waals surface area contributed by atoms with Crippen molar-refractivity contribution in [3.63, 3.8) is 0 Å². The van der Waals surface area contributed by atoms with Crippen LogP contribution in [-0.4, -0.2) is 60.4 Å². The summed E-state index contributed by atoms with van der Waals surface area (Å²) in [5.41, 5.74) is 3.39. The van der Waals surface area contributed by atoms with E-state index in [1.165, 1.54) is 22.6 Å². The second kappa shape index (κ2) is 8.36. The summed E-state index contributed by atoms with van der Waals surface area (Å²) in [7, 11) is 0. The molecule has 0 bridgehead atoms. The molecule has 1 aliphatic heterocycles. The number of thiazole rings is 1. The third-order valence-corrected chi connectivity index (χ3v) is 5.44. The normalized spacial score (nSPS) is 16.9. The van der Waals surface area contributed by atoms with Crippen molar-refractivity contribution in [2.45, 2.75) is 20.0 Å². The summed E-state index contributed by atoms with van der Waals surface area (Å²) >= 11 is 7.51. The highest BCUT2D eigenvalue weighted by Crippen LogP contribution is 2.24. The molecule has 0 amide bonds. The van der Waals surface area contributed by atoms with Gasteiger partial charge in [0.15, 0.2) is 0 Å². The molecule has 0 saturated carbocycles. The summed E-state index contributed by atoms with van der Waals surface area (Å²) in [6.07, 6.45) is -0.506. The predicted molar refractivity (Wildman–Crippen MR) is 103 cm³/mol. The highest BCUT2D eigenvalue weighted by Gasteiger charge is 2.21. The van der Waals surface area contributed by atoms with Gasteiger partial charge < -0.3 is 14.7 Å². The molecular weight excluding hydrogens is 358 g/mol. The lowest BCUT2D eigenvalue weighted by Gasteiger charge is -2.37. The topological polar surface area (TPSA) is 48.8 Å². The Bertz CT molecular complexity index is 701. The Morgan fingerprint density at radius 1 is 1.28 bits per heavy atom. The number of benzene rings is 1. The molecule has 5 nitrogen and oxygen atoms in total. The van der Waals surface area contributed by atoms with Crippen LogP contribution < -0.4 is 9.64 Å². The Morgan fingerprint density at radius 2 is 2.04 bits per heavy atom. The zero-order valence-electron chi connectivity index (χ0n) is 14.6. The lowest BCUT2D eigenvalue weighted by atomic mass is 10.1. The van der Waals surface area contributed by atoms with Crippen molar-refractivity contribution >= 4 is 28.6 Å². The number of aliphatic hydroxyl groups excluding tert-OH is 1. The molecule has 1 atom stereocenters. The highest BCUT2D eigenvalue weighted by molar-refractivity contribution is 7.11. The van der Waals surface area contributed by atoms with Gasteiger partial charge in [0.1, 0.15) is 12.7 Å². The monoisotopic (exact) mass is 381 g/mol. The second-order valence-electron chi connectivity index (χ2n) is 6.44. The third kappa shape index (κ3) is 5.07. The SMILES string of the molecule is Cc1csc(OCC(O)CN2CCN(c3ccc(Cl)cc3C)CC2)n1. The first-order valence-electron chi connectivity index (χ1n) is 8.47. The molecule has 25 heavy (non-hydrogen) atoms. The lowest BCUT2D eigenvalue weighted by molar-refractivity contribution is 0.0661. The summed E-state index contributed by atoms with van der Waals surface area (Å²) in [5, 5.41) is 13.6. The van der Waals surface area contributed by atoms with Crippen molar-refractivity contribution in [3.05, 3.63) is 39.9 Å². The molecule has 7 heteroatoms. The van der Waals surface area contributed by atoms with Gasteiger partial charge in [-0.1, -0.05) is 22.9 Å². The quantitative estimate of drug-likeness (QED) is 0.833. The van der Waals surface area contributed by atoms with Gasteiger partial charge in [-0.05, 0) is 37.6 Å². The number of halogens is 1. The summed E-state index contributed by atoms with van der Waals surface area (Å²) in [4.78, 5) is 8.90. The molecule has 3 rings (SSSR count). The summed E-state index contributed by atoms with van der Waals surface area (Å²) in [6, 6.07) is 6.04. The number of hydrogen-bond acceptors (Lipinski definition) is 6. The van der Waals surface area contributed by atoms with Crippen molar-refractivity contribution in [2.24, 2.45) is 0 Å². The van der Waals surface area contributed by atoms with E-state index in [4.69, 9.17) is 16.3 Å². The molecule has 1 aromatic heterocycles. The van der Waals surface area contributed by atoms with Gasteiger partial charge >= 0.3 is 0 Å². The number of hydrogen-bond donors (Lipinski definition) is 1. The summed E-state index contributed by atoms with van der Waals surface area (Å²) in [5.74, 6) is 0. The summed E-state index contributed by atoms with van der Waals surface area (Å²) < 4.78 is 5.56. The van der Waals surface area contributed by atoms with Crippen molar-refractivity contribution in [3.8, 4) is 5.19 Å². The number of β-amino-alcohol motifs (C(OH)–C–C–N with tert-alkyl or cyclic N) is 1. The van der Waals surface area contributed by atoms with Crippen LogP contribution >= 0.6 is 22.9 Å². The zero-order chi connectivity index (χ0) is 17.8. The number of ether oxygens (including phenoxy) is 1. The van der Waals surface area contributed by atoms with E-state index in [1.54, 1.807) is 0 Å². The molecule has 136 valence electrons. The standard InChI is InChI=1S/C18H24ClN3O2S/c1-13-9-15(19)3-4-17(13)22-7-5-21(6-8-22)10-16(23)11-24-18-20-14(2)12-25-18/h3-4,9,12,16,23H,5-8,10-11H2,1-2H3. The maximum absolute atomic E-state index is 10.2. The molecule has 1 N–H and O–H groups in total. The Kier molecular flexibility index (Phi) is 6.17. The van der Waals surface area contributed by atoms with E-state index >= 15 is 0 Å². The van der Waals surface area contributed by atoms with Crippen LogP contribution in [0.5, 0.6) is 5.19 Å². The van der Waals surface area contributed by atoms with E-state index in [2.05, 4.69) is 27.8 Å². The number of piperazine rings is 1. The van der Waals surface area contributed by atoms with E-state index in [1.807, 2.05) is 24.4 Å². The molecule has 2 aromatic rings. The Hall–Kier alpha value is -1.34. The van der Waals surface area contributed by atoms with Crippen LogP contribution in [0, 0.1) is 13.8 Å². The second-order valence-corrected chi connectivity index (χ2v) is 7.70. The average Bonchev–Trinajstić information content (AvgIpc) is 3.00. The molecule has 0 aliphatic carbocycles. The van der Waals surface area contributed by atoms with E-state index in [-0.39, 0.29) is 6.61 Å². The molecule has 1 unspecified atom stereocenters. The van der Waals surface area contributed by atoms with Gasteiger partial charge in [0.25, 0.3) is 5.19 Å². The van der Waals surface area contributed by atoms with Gasteiger partial charge in [0.05, 0.1) is 5.69 Å². The van der Waals surface area contributed by atoms with Crippen LogP contribution in [0.2, 0.25) is 5.02 Å².